The van der Waals surface area contributed by atoms with Crippen LogP contribution in [0.5, 0.6) is 5.75 Å². The van der Waals surface area contributed by atoms with Crippen molar-refractivity contribution in [1.82, 2.24) is 28.4 Å². The number of aromatic nitrogens is 5. The van der Waals surface area contributed by atoms with Crippen LogP contribution in [0, 0.1) is 29.8 Å². The van der Waals surface area contributed by atoms with Crippen molar-refractivity contribution >= 4 is 82.0 Å². The smallest absolute Gasteiger partial charge is 0.354 e. The number of nitro groups is 1. The Morgan fingerprint density at radius 3 is 2.06 bits per heavy atom. The zero-order valence-electron chi connectivity index (χ0n) is 50.7. The third-order valence-electron chi connectivity index (χ3n) is 16.9. The Labute approximate surface area is 504 Å². The van der Waals surface area contributed by atoms with Gasteiger partial charge in [-0.25, -0.2) is 17.6 Å². The van der Waals surface area contributed by atoms with Gasteiger partial charge in [0.25, 0.3) is 15.7 Å². The normalized spacial score (nSPS) is 12.7. The number of benzene rings is 6. The van der Waals surface area contributed by atoms with Gasteiger partial charge < -0.3 is 18.2 Å². The van der Waals surface area contributed by atoms with Gasteiger partial charge >= 0.3 is 14.3 Å². The fourth-order valence-electron chi connectivity index (χ4n) is 11.4. The maximum atomic E-state index is 15.3. The summed E-state index contributed by atoms with van der Waals surface area (Å²) in [5, 5.41) is 26.7. The number of carbonyl (C=O) groups excluding carboxylic acids is 1. The summed E-state index contributed by atoms with van der Waals surface area (Å²) >= 11 is 7.28. The minimum Gasteiger partial charge on any atom is -0.534 e. The second-order valence-corrected chi connectivity index (χ2v) is 35.7. The van der Waals surface area contributed by atoms with Crippen LogP contribution in [0.15, 0.2) is 138 Å². The molecular weight excluding hydrogens is 1150 g/mol. The Morgan fingerprint density at radius 1 is 0.788 bits per heavy atom. The molecule has 0 atom stereocenters. The molecule has 0 radical (unpaired) electrons. The highest BCUT2D eigenvalue weighted by atomic mass is 35.5. The standard InChI is InChI=1S/C65H75ClFN7O8SSi2/c1-43-59-56(73(62(43)63(75)80-11)35-22-36-81-84(12,13)64(3,4)5)34-33-53(66)61(59)60-44(2)70(9)69-54(60)42-72(83(78,79)58-28-21-20-27-55(58)74(76)77)41-48-40-49(71(10)68-48)31-29-45-37-46-39-47(67)30-32-52(46)57(38-45)82-85(65(6,7)8,50-23-16-14-17-24-50)51-25-18-15-19-26-51/h14-21,23-28,30,32-34,37-40H,22,29,31,35-36,41-42H2,1-13H3. The SMILES string of the molecule is COC(=O)c1c(C)c2c(-c3c(CN(Cc4cc(CCc5cc(O[Si](c6ccccc6)(c6ccccc6)C(C)(C)C)c6ccc(F)cc6c5)n(C)n4)S(=O)(=O)c4ccccc4[N+](=O)[O-])nn(C)c3C)c(Cl)ccc2n1CCCO[Si](C)(C)C(C)(C)C. The van der Waals surface area contributed by atoms with Gasteiger partial charge in [0.05, 0.1) is 36.5 Å². The molecule has 3 heterocycles. The first-order valence-corrected chi connectivity index (χ1v) is 35.1. The highest BCUT2D eigenvalue weighted by Gasteiger charge is 2.52. The fraction of sp³-hybridized carbons (Fsp3) is 0.338. The second-order valence-electron chi connectivity index (χ2n) is 24.4. The lowest BCUT2D eigenvalue weighted by atomic mass is 9.96. The number of hydrogen-bond donors (Lipinski definition) is 0. The molecule has 3 aromatic heterocycles. The van der Waals surface area contributed by atoms with Crippen molar-refractivity contribution in [3.05, 3.63) is 194 Å². The highest BCUT2D eigenvalue weighted by molar-refractivity contribution is 7.89. The molecule has 0 amide bonds. The maximum absolute atomic E-state index is 15.3. The molecule has 0 aliphatic rings. The van der Waals surface area contributed by atoms with E-state index >= 15 is 12.8 Å². The number of carbonyl (C=O) groups is 1. The Hall–Kier alpha value is -7.27. The van der Waals surface area contributed by atoms with Gasteiger partial charge in [-0.15, -0.1) is 0 Å². The molecule has 446 valence electrons. The molecule has 0 aliphatic carbocycles. The lowest BCUT2D eigenvalue weighted by molar-refractivity contribution is -0.387. The van der Waals surface area contributed by atoms with Crippen LogP contribution in [0.1, 0.15) is 92.4 Å². The van der Waals surface area contributed by atoms with Crippen molar-refractivity contribution in [1.29, 1.82) is 0 Å². The number of nitrogens with zero attached hydrogens (tertiary/aromatic N) is 7. The number of aryl methyl sites for hydroxylation is 6. The van der Waals surface area contributed by atoms with Gasteiger partial charge in [-0.2, -0.15) is 14.5 Å². The summed E-state index contributed by atoms with van der Waals surface area (Å²) in [6.45, 7) is 21.6. The molecular formula is C65H75ClFN7O8SSi2. The van der Waals surface area contributed by atoms with Gasteiger partial charge in [-0.1, -0.05) is 132 Å². The van der Waals surface area contributed by atoms with E-state index < -0.39 is 48.1 Å². The van der Waals surface area contributed by atoms with Crippen molar-refractivity contribution in [2.75, 3.05) is 13.7 Å². The van der Waals surface area contributed by atoms with E-state index in [1.54, 1.807) is 35.6 Å². The summed E-state index contributed by atoms with van der Waals surface area (Å²) in [7, 11) is -5.02. The van der Waals surface area contributed by atoms with Crippen LogP contribution in [-0.2, 0) is 65.8 Å². The molecule has 0 spiro atoms. The number of esters is 1. The van der Waals surface area contributed by atoms with Crippen molar-refractivity contribution in [2.45, 2.75) is 122 Å². The van der Waals surface area contributed by atoms with Crippen molar-refractivity contribution in [3.63, 3.8) is 0 Å². The highest BCUT2D eigenvalue weighted by Crippen LogP contribution is 2.45. The molecule has 0 saturated heterocycles. The topological polar surface area (TPSA) is 166 Å². The lowest BCUT2D eigenvalue weighted by Crippen LogP contribution is -2.68. The summed E-state index contributed by atoms with van der Waals surface area (Å²) in [6, 6.07) is 40.2. The van der Waals surface area contributed by atoms with Crippen LogP contribution in [0.2, 0.25) is 28.2 Å². The van der Waals surface area contributed by atoms with Gasteiger partial charge in [0.2, 0.25) is 0 Å². The van der Waals surface area contributed by atoms with E-state index in [-0.39, 0.29) is 29.0 Å². The Bertz CT molecular complexity index is 4060. The molecule has 85 heavy (non-hydrogen) atoms. The van der Waals surface area contributed by atoms with Crippen molar-refractivity contribution in [2.24, 2.45) is 14.1 Å². The van der Waals surface area contributed by atoms with E-state index in [2.05, 4.69) is 85.0 Å². The van der Waals surface area contributed by atoms with Gasteiger partial charge in [0.15, 0.2) is 13.2 Å². The number of rotatable bonds is 21. The predicted octanol–water partition coefficient (Wildman–Crippen LogP) is 13.6. The monoisotopic (exact) mass is 1220 g/mol. The third kappa shape index (κ3) is 12.2. The predicted molar refractivity (Wildman–Crippen MR) is 340 cm³/mol. The second kappa shape index (κ2) is 24.2. The first kappa shape index (κ1) is 62.3. The summed E-state index contributed by atoms with van der Waals surface area (Å²) < 4.78 is 71.7. The zero-order valence-corrected chi connectivity index (χ0v) is 54.3. The maximum Gasteiger partial charge on any atom is 0.354 e. The Balaban J connectivity index is 1.09. The molecule has 0 unspecified atom stereocenters. The minimum atomic E-state index is -4.70. The molecule has 0 saturated carbocycles. The van der Waals surface area contributed by atoms with Crippen molar-refractivity contribution < 1.29 is 36.1 Å². The van der Waals surface area contributed by atoms with Gasteiger partial charge in [-0.3, -0.25) is 19.5 Å². The van der Waals surface area contributed by atoms with Crippen LogP contribution in [0.25, 0.3) is 32.8 Å². The van der Waals surface area contributed by atoms with E-state index in [9.17, 15) is 14.9 Å². The summed E-state index contributed by atoms with van der Waals surface area (Å²) in [5.41, 5.74) is 5.16. The van der Waals surface area contributed by atoms with E-state index in [0.29, 0.717) is 98.9 Å². The first-order chi connectivity index (χ1) is 40.1. The Morgan fingerprint density at radius 2 is 1.44 bits per heavy atom. The average Bonchev–Trinajstić information content (AvgIpc) is 1.80. The third-order valence-corrected chi connectivity index (χ3v) is 28.5. The van der Waals surface area contributed by atoms with E-state index in [0.717, 1.165) is 31.3 Å². The number of ether oxygens (including phenoxy) is 1. The van der Waals surface area contributed by atoms with Crippen LogP contribution >= 0.6 is 11.6 Å². The molecule has 20 heteroatoms. The lowest BCUT2D eigenvalue weighted by Gasteiger charge is -2.43. The van der Waals surface area contributed by atoms with Gasteiger partial charge in [0, 0.05) is 77.1 Å². The average molecular weight is 1230 g/mol. The fourth-order valence-corrected chi connectivity index (χ4v) is 18.7. The zero-order chi connectivity index (χ0) is 61.6. The number of sulfonamides is 1. The molecule has 9 rings (SSSR count). The van der Waals surface area contributed by atoms with Gasteiger partial charge in [-0.05, 0) is 132 Å². The number of halogens is 2. The molecule has 0 aliphatic heterocycles. The summed E-state index contributed by atoms with van der Waals surface area (Å²) in [6.07, 6.45) is 1.53. The number of methoxy groups -OCH3 is 1. The van der Waals surface area contributed by atoms with Crippen LogP contribution in [0.3, 0.4) is 0 Å². The molecule has 0 N–H and O–H groups in total. The van der Waals surface area contributed by atoms with Crippen LogP contribution in [-0.4, -0.2) is 78.1 Å². The number of hydrogen-bond acceptors (Lipinski definition) is 10. The molecule has 0 bridgehead atoms. The summed E-state index contributed by atoms with van der Waals surface area (Å²) in [5.74, 6) is -0.260. The molecule has 9 aromatic rings. The van der Waals surface area contributed by atoms with E-state index in [4.69, 9.17) is 35.4 Å². The Kier molecular flexibility index (Phi) is 17.8. The molecule has 0 fully saturated rings. The van der Waals surface area contributed by atoms with Crippen LogP contribution < -0.4 is 14.8 Å². The van der Waals surface area contributed by atoms with E-state index in [1.165, 1.54) is 43.5 Å². The molecule has 6 aromatic carbocycles. The largest absolute Gasteiger partial charge is 0.534 e. The first-order valence-electron chi connectivity index (χ1n) is 28.4. The minimum absolute atomic E-state index is 0.0118. The van der Waals surface area contributed by atoms with E-state index in [1.807, 2.05) is 73.0 Å². The van der Waals surface area contributed by atoms with Gasteiger partial charge in [0.1, 0.15) is 17.3 Å². The number of nitro benzene ring substituents is 1. The number of para-hydroxylation sites is 1. The molecule has 15 nitrogen and oxygen atoms in total. The van der Waals surface area contributed by atoms with Crippen LogP contribution in [0.4, 0.5) is 10.1 Å². The number of fused-ring (bicyclic) bond motifs is 2. The quantitative estimate of drug-likeness (QED) is 0.0222. The van der Waals surface area contributed by atoms with Crippen molar-refractivity contribution in [3.8, 4) is 16.9 Å². The summed E-state index contributed by atoms with van der Waals surface area (Å²) in [4.78, 5) is 25.1.